The number of carbonyl (C=O) groups is 4. The number of methoxy groups -OCH3 is 1. The van der Waals surface area contributed by atoms with Crippen molar-refractivity contribution in [2.45, 2.75) is 52.4 Å². The van der Waals surface area contributed by atoms with Crippen molar-refractivity contribution in [1.29, 1.82) is 0 Å². The predicted molar refractivity (Wildman–Crippen MR) is 89.6 cm³/mol. The molecule has 0 bridgehead atoms. The van der Waals surface area contributed by atoms with Crippen LogP contribution >= 0.6 is 0 Å². The summed E-state index contributed by atoms with van der Waals surface area (Å²) in [6.07, 6.45) is 2.92. The van der Waals surface area contributed by atoms with E-state index in [0.717, 1.165) is 30.6 Å². The maximum absolute atomic E-state index is 12.2. The fourth-order valence-corrected chi connectivity index (χ4v) is 1.77. The Morgan fingerprint density at radius 1 is 0.760 bits per heavy atom. The average Bonchev–Trinajstić information content (AvgIpc) is 2.59. The lowest BCUT2D eigenvalue weighted by atomic mass is 10.2. The van der Waals surface area contributed by atoms with Crippen molar-refractivity contribution in [3.8, 4) is 0 Å². The molecule has 8 nitrogen and oxygen atoms in total. The SMILES string of the molecule is CCCCOC(=O)CN(CC(=O)OCCCC)C(=O)CCC(=O)OC. The highest BCUT2D eigenvalue weighted by atomic mass is 16.5. The first-order chi connectivity index (χ1) is 11.9. The second-order valence-corrected chi connectivity index (χ2v) is 5.47. The van der Waals surface area contributed by atoms with Crippen molar-refractivity contribution in [3.05, 3.63) is 0 Å². The molecule has 0 atom stereocenters. The van der Waals surface area contributed by atoms with E-state index in [1.54, 1.807) is 0 Å². The van der Waals surface area contributed by atoms with Crippen LogP contribution in [0, 0.1) is 0 Å². The van der Waals surface area contributed by atoms with Crippen LogP contribution in [0.4, 0.5) is 0 Å². The molecule has 144 valence electrons. The van der Waals surface area contributed by atoms with Crippen LogP contribution < -0.4 is 0 Å². The molecule has 25 heavy (non-hydrogen) atoms. The number of rotatable bonds is 13. The van der Waals surface area contributed by atoms with Gasteiger partial charge >= 0.3 is 17.9 Å². The molecule has 0 rings (SSSR count). The minimum Gasteiger partial charge on any atom is -0.469 e. The first-order valence-electron chi connectivity index (χ1n) is 8.60. The Kier molecular flexibility index (Phi) is 13.0. The van der Waals surface area contributed by atoms with Gasteiger partial charge in [-0.1, -0.05) is 26.7 Å². The summed E-state index contributed by atoms with van der Waals surface area (Å²) in [6.45, 7) is 3.74. The lowest BCUT2D eigenvalue weighted by Crippen LogP contribution is -2.40. The Bertz CT molecular complexity index is 413. The van der Waals surface area contributed by atoms with Crippen LogP contribution in [-0.4, -0.2) is 62.1 Å². The molecule has 0 heterocycles. The Labute approximate surface area is 148 Å². The van der Waals surface area contributed by atoms with E-state index in [2.05, 4.69) is 4.74 Å². The lowest BCUT2D eigenvalue weighted by molar-refractivity contribution is -0.155. The van der Waals surface area contributed by atoms with E-state index in [4.69, 9.17) is 9.47 Å². The molecule has 8 heteroatoms. The van der Waals surface area contributed by atoms with Gasteiger partial charge in [0.15, 0.2) is 0 Å². The number of esters is 3. The first kappa shape index (κ1) is 22.9. The van der Waals surface area contributed by atoms with Crippen molar-refractivity contribution >= 4 is 23.8 Å². The average molecular weight is 359 g/mol. The van der Waals surface area contributed by atoms with Crippen LogP contribution in [-0.2, 0) is 33.4 Å². The van der Waals surface area contributed by atoms with Gasteiger partial charge in [0.05, 0.1) is 26.7 Å². The van der Waals surface area contributed by atoms with Gasteiger partial charge in [-0.05, 0) is 12.8 Å². The second-order valence-electron chi connectivity index (χ2n) is 5.47. The zero-order valence-corrected chi connectivity index (χ0v) is 15.4. The zero-order valence-electron chi connectivity index (χ0n) is 15.4. The summed E-state index contributed by atoms with van der Waals surface area (Å²) in [5.74, 6) is -2.24. The summed E-state index contributed by atoms with van der Waals surface area (Å²) in [5, 5.41) is 0. The van der Waals surface area contributed by atoms with Gasteiger partial charge in [-0.2, -0.15) is 0 Å². The fourth-order valence-electron chi connectivity index (χ4n) is 1.77. The second kappa shape index (κ2) is 14.2. The molecule has 0 fully saturated rings. The highest BCUT2D eigenvalue weighted by Gasteiger charge is 2.22. The molecule has 0 aromatic carbocycles. The van der Waals surface area contributed by atoms with Gasteiger partial charge in [-0.15, -0.1) is 0 Å². The molecule has 0 aliphatic heterocycles. The molecule has 0 aromatic heterocycles. The molecular formula is C17H29NO7. The molecule has 0 radical (unpaired) electrons. The number of hydrogen-bond acceptors (Lipinski definition) is 7. The summed E-state index contributed by atoms with van der Waals surface area (Å²) in [6, 6.07) is 0. The Hall–Kier alpha value is -2.12. The zero-order chi connectivity index (χ0) is 19.1. The molecule has 0 aliphatic rings. The quantitative estimate of drug-likeness (QED) is 0.279. The molecule has 1 amide bonds. The van der Waals surface area contributed by atoms with Crippen molar-refractivity contribution in [2.24, 2.45) is 0 Å². The number of carbonyl (C=O) groups excluding carboxylic acids is 4. The topological polar surface area (TPSA) is 99.2 Å². The monoisotopic (exact) mass is 359 g/mol. The van der Waals surface area contributed by atoms with Gasteiger partial charge in [-0.25, -0.2) is 0 Å². The van der Waals surface area contributed by atoms with Gasteiger partial charge in [0.2, 0.25) is 5.91 Å². The van der Waals surface area contributed by atoms with Gasteiger partial charge in [0.25, 0.3) is 0 Å². The third-order valence-electron chi connectivity index (χ3n) is 3.29. The van der Waals surface area contributed by atoms with E-state index in [1.807, 2.05) is 13.8 Å². The van der Waals surface area contributed by atoms with E-state index in [1.165, 1.54) is 7.11 Å². The van der Waals surface area contributed by atoms with Crippen LogP contribution in [0.2, 0.25) is 0 Å². The normalized spacial score (nSPS) is 10.0. The Balaban J connectivity index is 4.62. The van der Waals surface area contributed by atoms with E-state index in [0.29, 0.717) is 0 Å². The first-order valence-corrected chi connectivity index (χ1v) is 8.60. The minimum atomic E-state index is -0.596. The molecule has 0 aliphatic carbocycles. The van der Waals surface area contributed by atoms with E-state index in [9.17, 15) is 19.2 Å². The standard InChI is InChI=1S/C17H29NO7/c1-4-6-10-24-16(21)12-18(13-17(22)25-11-7-5-2)14(19)8-9-15(20)23-3/h4-13H2,1-3H3. The van der Waals surface area contributed by atoms with E-state index < -0.39 is 23.8 Å². The Morgan fingerprint density at radius 2 is 1.24 bits per heavy atom. The molecule has 0 unspecified atom stereocenters. The third kappa shape index (κ3) is 12.0. The summed E-state index contributed by atoms with van der Waals surface area (Å²) >= 11 is 0. The maximum atomic E-state index is 12.2. The van der Waals surface area contributed by atoms with Crippen molar-refractivity contribution in [3.63, 3.8) is 0 Å². The van der Waals surface area contributed by atoms with Crippen LogP contribution in [0.5, 0.6) is 0 Å². The summed E-state index contributed by atoms with van der Waals surface area (Å²) in [7, 11) is 1.22. The van der Waals surface area contributed by atoms with Crippen molar-refractivity contribution in [2.75, 3.05) is 33.4 Å². The highest BCUT2D eigenvalue weighted by Crippen LogP contribution is 2.02. The van der Waals surface area contributed by atoms with Crippen LogP contribution in [0.3, 0.4) is 0 Å². The number of hydrogen-bond donors (Lipinski definition) is 0. The van der Waals surface area contributed by atoms with Gasteiger partial charge in [0.1, 0.15) is 13.1 Å². The molecule has 0 spiro atoms. The maximum Gasteiger partial charge on any atom is 0.325 e. The molecule has 0 N–H and O–H groups in total. The summed E-state index contributed by atoms with van der Waals surface area (Å²) in [5.41, 5.74) is 0. The van der Waals surface area contributed by atoms with Crippen LogP contribution in [0.25, 0.3) is 0 Å². The molecule has 0 saturated heterocycles. The van der Waals surface area contributed by atoms with E-state index in [-0.39, 0.29) is 39.1 Å². The molecular weight excluding hydrogens is 330 g/mol. The smallest absolute Gasteiger partial charge is 0.325 e. The van der Waals surface area contributed by atoms with Gasteiger partial charge in [-0.3, -0.25) is 19.2 Å². The number of amides is 1. The van der Waals surface area contributed by atoms with Gasteiger partial charge in [0, 0.05) is 6.42 Å². The largest absolute Gasteiger partial charge is 0.469 e. The van der Waals surface area contributed by atoms with Gasteiger partial charge < -0.3 is 19.1 Å². The van der Waals surface area contributed by atoms with Crippen molar-refractivity contribution < 1.29 is 33.4 Å². The van der Waals surface area contributed by atoms with Crippen LogP contribution in [0.1, 0.15) is 52.4 Å². The number of nitrogens with zero attached hydrogens (tertiary/aromatic N) is 1. The highest BCUT2D eigenvalue weighted by molar-refractivity contribution is 5.87. The number of ether oxygens (including phenoxy) is 3. The molecule has 0 aromatic rings. The molecule has 0 saturated carbocycles. The number of unbranched alkanes of at least 4 members (excludes halogenated alkanes) is 2. The summed E-state index contributed by atoms with van der Waals surface area (Å²) in [4.78, 5) is 48.0. The van der Waals surface area contributed by atoms with E-state index >= 15 is 0 Å². The lowest BCUT2D eigenvalue weighted by Gasteiger charge is -2.20. The van der Waals surface area contributed by atoms with Crippen molar-refractivity contribution in [1.82, 2.24) is 4.90 Å². The van der Waals surface area contributed by atoms with Crippen LogP contribution in [0.15, 0.2) is 0 Å². The third-order valence-corrected chi connectivity index (χ3v) is 3.29. The summed E-state index contributed by atoms with van der Waals surface area (Å²) < 4.78 is 14.5. The fraction of sp³-hybridized carbons (Fsp3) is 0.765. The predicted octanol–water partition coefficient (Wildman–Crippen LogP) is 1.45. The Morgan fingerprint density at radius 3 is 1.64 bits per heavy atom. The minimum absolute atomic E-state index is 0.123.